The van der Waals surface area contributed by atoms with Crippen LogP contribution in [0.5, 0.6) is 0 Å². The minimum Gasteiger partial charge on any atom is -0.369 e. The molecule has 1 saturated heterocycles. The molecule has 6 rings (SSSR count). The van der Waals surface area contributed by atoms with Crippen molar-refractivity contribution in [3.8, 4) is 0 Å². The van der Waals surface area contributed by atoms with E-state index in [4.69, 9.17) is 28.2 Å². The Kier molecular flexibility index (Phi) is 6.14. The average Bonchev–Trinajstić information content (AvgIpc) is 3.36. The zero-order chi connectivity index (χ0) is 25.7. The molecule has 1 aromatic heterocycles. The van der Waals surface area contributed by atoms with E-state index in [-0.39, 0.29) is 5.91 Å². The minimum atomic E-state index is -0.319. The number of halogens is 2. The second kappa shape index (κ2) is 9.48. The summed E-state index contributed by atoms with van der Waals surface area (Å²) < 4.78 is 0. The van der Waals surface area contributed by atoms with Gasteiger partial charge in [0, 0.05) is 50.3 Å². The Hall–Kier alpha value is -3.40. The molecule has 37 heavy (non-hydrogen) atoms. The number of rotatable bonds is 4. The second-order valence-electron chi connectivity index (χ2n) is 9.39. The summed E-state index contributed by atoms with van der Waals surface area (Å²) in [6.07, 6.45) is 1.55. The van der Waals surface area contributed by atoms with E-state index in [2.05, 4.69) is 51.2 Å². The van der Waals surface area contributed by atoms with Crippen molar-refractivity contribution in [1.29, 1.82) is 0 Å². The lowest BCUT2D eigenvalue weighted by atomic mass is 10.1. The van der Waals surface area contributed by atoms with Crippen molar-refractivity contribution in [3.05, 3.63) is 63.8 Å². The van der Waals surface area contributed by atoms with Gasteiger partial charge in [0.25, 0.3) is 5.91 Å². The fourth-order valence-electron chi connectivity index (χ4n) is 5.00. The minimum absolute atomic E-state index is 0.319. The molecular formula is C26H26Cl2N8O. The number of carbonyl (C=O) groups is 1. The summed E-state index contributed by atoms with van der Waals surface area (Å²) in [5.74, 6) is 1.07. The number of guanidine groups is 1. The highest BCUT2D eigenvalue weighted by Crippen LogP contribution is 2.39. The van der Waals surface area contributed by atoms with Gasteiger partial charge in [-0.05, 0) is 49.9 Å². The Balaban J connectivity index is 1.29. The van der Waals surface area contributed by atoms with E-state index in [1.165, 1.54) is 16.2 Å². The standard InChI is InChI=1S/C26H26Cl2N8O/c1-16-14-17(6-7-21(16)34-12-10-33(2)11-13-34)31-25-30-15-18-23(32-25)35-9-8-29-26(35)36(24(18)37)22-19(27)4-3-5-20(22)28/h3-7,14-15H,8-13H2,1-2H3,(H,30,31,32). The zero-order valence-corrected chi connectivity index (χ0v) is 22.1. The number of aliphatic imine (C=N–C) groups is 1. The van der Waals surface area contributed by atoms with Gasteiger partial charge in [-0.3, -0.25) is 14.7 Å². The Bertz CT molecular complexity index is 1400. The molecule has 0 saturated carbocycles. The van der Waals surface area contributed by atoms with Gasteiger partial charge in [-0.15, -0.1) is 0 Å². The number of likely N-dealkylation sites (N-methyl/N-ethyl adjacent to an activating group) is 1. The van der Waals surface area contributed by atoms with E-state index in [9.17, 15) is 4.79 Å². The quantitative estimate of drug-likeness (QED) is 0.528. The van der Waals surface area contributed by atoms with Gasteiger partial charge in [0.1, 0.15) is 5.56 Å². The smallest absolute Gasteiger partial charge is 0.270 e. The number of fused-ring (bicyclic) bond motifs is 3. The van der Waals surface area contributed by atoms with Crippen molar-refractivity contribution in [2.45, 2.75) is 6.92 Å². The molecule has 4 heterocycles. The lowest BCUT2D eigenvalue weighted by Gasteiger charge is -2.35. The summed E-state index contributed by atoms with van der Waals surface area (Å²) in [6.45, 7) is 7.38. The summed E-state index contributed by atoms with van der Waals surface area (Å²) in [5, 5.41) is 4.04. The molecule has 11 heteroatoms. The van der Waals surface area contributed by atoms with E-state index in [1.54, 1.807) is 24.4 Å². The number of piperazine rings is 1. The monoisotopic (exact) mass is 536 g/mol. The molecule has 0 bridgehead atoms. The molecule has 0 spiro atoms. The van der Waals surface area contributed by atoms with Gasteiger partial charge in [0.05, 0.1) is 22.3 Å². The van der Waals surface area contributed by atoms with Crippen molar-refractivity contribution in [1.82, 2.24) is 14.9 Å². The van der Waals surface area contributed by atoms with Crippen LogP contribution < -0.4 is 20.0 Å². The van der Waals surface area contributed by atoms with Crippen LogP contribution in [0.1, 0.15) is 15.9 Å². The third-order valence-corrected chi connectivity index (χ3v) is 7.54. The predicted octanol–water partition coefficient (Wildman–Crippen LogP) is 4.42. The molecule has 9 nitrogen and oxygen atoms in total. The first kappa shape index (κ1) is 24.0. The first-order chi connectivity index (χ1) is 17.9. The largest absolute Gasteiger partial charge is 0.369 e. The van der Waals surface area contributed by atoms with E-state index >= 15 is 0 Å². The summed E-state index contributed by atoms with van der Waals surface area (Å²) in [7, 11) is 2.16. The van der Waals surface area contributed by atoms with Crippen molar-refractivity contribution < 1.29 is 4.79 Å². The molecule has 3 aromatic rings. The highest BCUT2D eigenvalue weighted by atomic mass is 35.5. The van der Waals surface area contributed by atoms with Crippen molar-refractivity contribution in [3.63, 3.8) is 0 Å². The predicted molar refractivity (Wildman–Crippen MR) is 149 cm³/mol. The van der Waals surface area contributed by atoms with Gasteiger partial charge in [-0.1, -0.05) is 29.3 Å². The zero-order valence-electron chi connectivity index (χ0n) is 20.6. The van der Waals surface area contributed by atoms with Gasteiger partial charge in [-0.25, -0.2) is 9.88 Å². The van der Waals surface area contributed by atoms with Gasteiger partial charge >= 0.3 is 0 Å². The fraction of sp³-hybridized carbons (Fsp3) is 0.308. The van der Waals surface area contributed by atoms with Gasteiger partial charge in [0.15, 0.2) is 5.82 Å². The lowest BCUT2D eigenvalue weighted by Crippen LogP contribution is -2.51. The topological polar surface area (TPSA) is 80.2 Å². The van der Waals surface area contributed by atoms with Crippen LogP contribution in [0.2, 0.25) is 10.0 Å². The number of amides is 1. The van der Waals surface area contributed by atoms with Crippen molar-refractivity contribution >= 4 is 63.9 Å². The number of nitrogens with one attached hydrogen (secondary N) is 1. The first-order valence-corrected chi connectivity index (χ1v) is 12.9. The van der Waals surface area contributed by atoms with Crippen LogP contribution in [0.15, 0.2) is 47.6 Å². The summed E-state index contributed by atoms with van der Waals surface area (Å²) in [4.78, 5) is 35.5. The second-order valence-corrected chi connectivity index (χ2v) is 10.2. The molecule has 1 amide bonds. The normalized spacial score (nSPS) is 17.6. The molecular weight excluding hydrogens is 511 g/mol. The molecule has 0 aliphatic carbocycles. The molecule has 2 aromatic carbocycles. The van der Waals surface area contributed by atoms with Crippen molar-refractivity contribution in [2.24, 2.45) is 4.99 Å². The number of nitrogens with zero attached hydrogens (tertiary/aromatic N) is 7. The molecule has 1 fully saturated rings. The summed E-state index contributed by atoms with van der Waals surface area (Å²) >= 11 is 12.9. The maximum atomic E-state index is 13.6. The van der Waals surface area contributed by atoms with Crippen LogP contribution in [0, 0.1) is 6.92 Å². The molecule has 1 N–H and O–H groups in total. The molecule has 3 aliphatic rings. The Morgan fingerprint density at radius 1 is 1.00 bits per heavy atom. The number of para-hydroxylation sites is 1. The number of aryl methyl sites for hydroxylation is 1. The molecule has 190 valence electrons. The summed E-state index contributed by atoms with van der Waals surface area (Å²) in [6, 6.07) is 11.4. The van der Waals surface area contributed by atoms with Crippen LogP contribution in [-0.4, -0.2) is 73.1 Å². The number of aromatic nitrogens is 2. The summed E-state index contributed by atoms with van der Waals surface area (Å²) in [5.41, 5.74) is 4.09. The maximum Gasteiger partial charge on any atom is 0.270 e. The average molecular weight is 537 g/mol. The van der Waals surface area contributed by atoms with Crippen LogP contribution >= 0.6 is 23.2 Å². The number of benzene rings is 2. The molecule has 0 atom stereocenters. The Labute approximate surface area is 225 Å². The van der Waals surface area contributed by atoms with Crippen LogP contribution in [0.3, 0.4) is 0 Å². The van der Waals surface area contributed by atoms with E-state index in [0.717, 1.165) is 31.9 Å². The highest BCUT2D eigenvalue weighted by molar-refractivity contribution is 6.43. The van der Waals surface area contributed by atoms with Gasteiger partial charge in [-0.2, -0.15) is 4.98 Å². The van der Waals surface area contributed by atoms with E-state index < -0.39 is 0 Å². The van der Waals surface area contributed by atoms with Crippen molar-refractivity contribution in [2.75, 3.05) is 66.3 Å². The van der Waals surface area contributed by atoms with Gasteiger partial charge < -0.3 is 15.1 Å². The number of hydrogen-bond acceptors (Lipinski definition) is 8. The van der Waals surface area contributed by atoms with Gasteiger partial charge in [0.2, 0.25) is 11.9 Å². The number of hydrogen-bond donors (Lipinski definition) is 1. The van der Waals surface area contributed by atoms with Crippen LogP contribution in [0.4, 0.5) is 28.8 Å². The van der Waals surface area contributed by atoms with Crippen LogP contribution in [-0.2, 0) is 0 Å². The lowest BCUT2D eigenvalue weighted by molar-refractivity contribution is 0.1000. The third-order valence-electron chi connectivity index (χ3n) is 6.93. The molecule has 0 unspecified atom stereocenters. The number of carbonyl (C=O) groups excluding carboxylic acids is 1. The fourth-order valence-corrected chi connectivity index (χ4v) is 5.56. The van der Waals surface area contributed by atoms with E-state index in [1.807, 2.05) is 11.0 Å². The Morgan fingerprint density at radius 2 is 1.76 bits per heavy atom. The Morgan fingerprint density at radius 3 is 2.49 bits per heavy atom. The van der Waals surface area contributed by atoms with Crippen LogP contribution in [0.25, 0.3) is 0 Å². The molecule has 0 radical (unpaired) electrons. The third kappa shape index (κ3) is 4.27. The molecule has 3 aliphatic heterocycles. The number of anilines is 5. The van der Waals surface area contributed by atoms with E-state index in [0.29, 0.717) is 52.1 Å². The SMILES string of the molecule is Cc1cc(Nc2ncc3c(n2)N2CCN=C2N(c2c(Cl)cccc2Cl)C3=O)ccc1N1CCN(C)CC1. The maximum absolute atomic E-state index is 13.6. The first-order valence-electron chi connectivity index (χ1n) is 12.2. The highest BCUT2D eigenvalue weighted by Gasteiger charge is 2.41.